The Balaban J connectivity index is 1.81. The van der Waals surface area contributed by atoms with E-state index < -0.39 is 24.3 Å². The summed E-state index contributed by atoms with van der Waals surface area (Å²) in [6, 6.07) is 11.8. The number of amides is 1. The first-order valence-electron chi connectivity index (χ1n) is 7.54. The summed E-state index contributed by atoms with van der Waals surface area (Å²) in [7, 11) is 0. The van der Waals surface area contributed by atoms with E-state index in [1.165, 1.54) is 24.3 Å². The van der Waals surface area contributed by atoms with Crippen molar-refractivity contribution >= 4 is 17.6 Å². The third-order valence-electron chi connectivity index (χ3n) is 3.03. The number of rotatable bonds is 7. The number of carbonyl (C=O) groups is 2. The summed E-state index contributed by atoms with van der Waals surface area (Å²) < 4.78 is 23.1. The van der Waals surface area contributed by atoms with Crippen molar-refractivity contribution < 1.29 is 23.5 Å². The minimum absolute atomic E-state index is 0.327. The van der Waals surface area contributed by atoms with Crippen LogP contribution in [0.2, 0.25) is 0 Å². The number of halogens is 1. The highest BCUT2D eigenvalue weighted by molar-refractivity contribution is 5.95. The molecule has 126 valence electrons. The molecule has 0 radical (unpaired) electrons. The standard InChI is InChI=1S/C18H18FNO4/c1-2-11-23-16-9-3-13(4-10-16)18(22)24-12-17(21)20-15-7-5-14(19)6-8-15/h3-10H,2,11-12H2,1H3,(H,20,21). The van der Waals surface area contributed by atoms with Crippen LogP contribution in [0.25, 0.3) is 0 Å². The molecule has 0 unspecified atom stereocenters. The predicted molar refractivity (Wildman–Crippen MR) is 87.5 cm³/mol. The first-order chi connectivity index (χ1) is 11.6. The van der Waals surface area contributed by atoms with E-state index in [0.717, 1.165) is 6.42 Å². The Morgan fingerprint density at radius 2 is 1.71 bits per heavy atom. The smallest absolute Gasteiger partial charge is 0.338 e. The second-order valence-electron chi connectivity index (χ2n) is 5.00. The number of esters is 1. The molecule has 2 aromatic carbocycles. The van der Waals surface area contributed by atoms with Crippen molar-refractivity contribution in [1.29, 1.82) is 0 Å². The second-order valence-corrected chi connectivity index (χ2v) is 5.00. The van der Waals surface area contributed by atoms with Crippen molar-refractivity contribution in [2.24, 2.45) is 0 Å². The molecule has 0 aliphatic heterocycles. The lowest BCUT2D eigenvalue weighted by atomic mass is 10.2. The number of hydrogen-bond donors (Lipinski definition) is 1. The van der Waals surface area contributed by atoms with Crippen LogP contribution in [0.15, 0.2) is 48.5 Å². The van der Waals surface area contributed by atoms with Crippen molar-refractivity contribution in [3.05, 3.63) is 59.9 Å². The molecule has 0 aliphatic rings. The lowest BCUT2D eigenvalue weighted by Crippen LogP contribution is -2.20. The van der Waals surface area contributed by atoms with Gasteiger partial charge in [-0.25, -0.2) is 9.18 Å². The first-order valence-corrected chi connectivity index (χ1v) is 7.54. The summed E-state index contributed by atoms with van der Waals surface area (Å²) in [4.78, 5) is 23.6. The van der Waals surface area contributed by atoms with Gasteiger partial charge in [-0.05, 0) is 55.0 Å². The highest BCUT2D eigenvalue weighted by atomic mass is 19.1. The molecule has 0 saturated carbocycles. The molecule has 2 aromatic rings. The van der Waals surface area contributed by atoms with E-state index in [0.29, 0.717) is 23.6 Å². The largest absolute Gasteiger partial charge is 0.494 e. The van der Waals surface area contributed by atoms with Gasteiger partial charge < -0.3 is 14.8 Å². The Labute approximate surface area is 139 Å². The normalized spacial score (nSPS) is 10.1. The maximum absolute atomic E-state index is 12.8. The van der Waals surface area contributed by atoms with Crippen molar-refractivity contribution in [2.45, 2.75) is 13.3 Å². The van der Waals surface area contributed by atoms with Crippen LogP contribution in [0.3, 0.4) is 0 Å². The number of benzene rings is 2. The van der Waals surface area contributed by atoms with Crippen molar-refractivity contribution in [2.75, 3.05) is 18.5 Å². The highest BCUT2D eigenvalue weighted by Gasteiger charge is 2.10. The molecule has 2 rings (SSSR count). The van der Waals surface area contributed by atoms with E-state index in [-0.39, 0.29) is 0 Å². The molecular weight excluding hydrogens is 313 g/mol. The van der Waals surface area contributed by atoms with Crippen LogP contribution in [0.5, 0.6) is 5.75 Å². The zero-order chi connectivity index (χ0) is 17.4. The topological polar surface area (TPSA) is 64.6 Å². The summed E-state index contributed by atoms with van der Waals surface area (Å²) in [5.41, 5.74) is 0.753. The number of hydrogen-bond acceptors (Lipinski definition) is 4. The minimum atomic E-state index is -0.605. The summed E-state index contributed by atoms with van der Waals surface area (Å²) in [5, 5.41) is 2.51. The Hall–Kier alpha value is -2.89. The van der Waals surface area contributed by atoms with Gasteiger partial charge in [0, 0.05) is 5.69 Å². The molecule has 0 aromatic heterocycles. The van der Waals surface area contributed by atoms with Crippen molar-refractivity contribution in [1.82, 2.24) is 0 Å². The first kappa shape index (κ1) is 17.5. The SMILES string of the molecule is CCCOc1ccc(C(=O)OCC(=O)Nc2ccc(F)cc2)cc1. The van der Waals surface area contributed by atoms with Gasteiger partial charge in [-0.3, -0.25) is 4.79 Å². The zero-order valence-electron chi connectivity index (χ0n) is 13.3. The maximum atomic E-state index is 12.8. The van der Waals surface area contributed by atoms with E-state index in [2.05, 4.69) is 5.32 Å². The van der Waals surface area contributed by atoms with Crippen LogP contribution in [-0.2, 0) is 9.53 Å². The average molecular weight is 331 g/mol. The molecule has 0 saturated heterocycles. The number of anilines is 1. The molecule has 0 bridgehead atoms. The van der Waals surface area contributed by atoms with Crippen LogP contribution in [0.4, 0.5) is 10.1 Å². The van der Waals surface area contributed by atoms with Crippen LogP contribution in [0, 0.1) is 5.82 Å². The average Bonchev–Trinajstić information content (AvgIpc) is 2.60. The van der Waals surface area contributed by atoms with Gasteiger partial charge in [0.2, 0.25) is 0 Å². The van der Waals surface area contributed by atoms with Gasteiger partial charge in [0.25, 0.3) is 5.91 Å². The van der Waals surface area contributed by atoms with Crippen LogP contribution < -0.4 is 10.1 Å². The monoisotopic (exact) mass is 331 g/mol. The predicted octanol–water partition coefficient (Wildman–Crippen LogP) is 3.41. The molecular formula is C18H18FNO4. The molecule has 6 heteroatoms. The summed E-state index contributed by atoms with van der Waals surface area (Å²) in [5.74, 6) is -0.836. The van der Waals surface area contributed by atoms with E-state index in [1.807, 2.05) is 6.92 Å². The number of ether oxygens (including phenoxy) is 2. The number of nitrogens with one attached hydrogen (secondary N) is 1. The van der Waals surface area contributed by atoms with Gasteiger partial charge in [0.05, 0.1) is 12.2 Å². The Bertz CT molecular complexity index is 683. The molecule has 0 aliphatic carbocycles. The third kappa shape index (κ3) is 5.39. The van der Waals surface area contributed by atoms with Gasteiger partial charge in [0.15, 0.2) is 6.61 Å². The van der Waals surface area contributed by atoms with E-state index in [9.17, 15) is 14.0 Å². The summed E-state index contributed by atoms with van der Waals surface area (Å²) in [6.45, 7) is 2.18. The lowest BCUT2D eigenvalue weighted by molar-refractivity contribution is -0.119. The van der Waals surface area contributed by atoms with E-state index in [1.54, 1.807) is 24.3 Å². The van der Waals surface area contributed by atoms with Gasteiger partial charge in [0.1, 0.15) is 11.6 Å². The summed E-state index contributed by atoms with van der Waals surface area (Å²) >= 11 is 0. The molecule has 5 nitrogen and oxygen atoms in total. The second kappa shape index (κ2) is 8.67. The molecule has 0 atom stereocenters. The number of carbonyl (C=O) groups excluding carboxylic acids is 2. The quantitative estimate of drug-likeness (QED) is 0.790. The molecule has 1 amide bonds. The molecule has 0 spiro atoms. The highest BCUT2D eigenvalue weighted by Crippen LogP contribution is 2.13. The summed E-state index contributed by atoms with van der Waals surface area (Å²) in [6.07, 6.45) is 0.896. The Morgan fingerprint density at radius 3 is 2.33 bits per heavy atom. The van der Waals surface area contributed by atoms with Crippen molar-refractivity contribution in [3.8, 4) is 5.75 Å². The van der Waals surface area contributed by atoms with Crippen molar-refractivity contribution in [3.63, 3.8) is 0 Å². The fraction of sp³-hybridized carbons (Fsp3) is 0.222. The van der Waals surface area contributed by atoms with Gasteiger partial charge in [-0.15, -0.1) is 0 Å². The lowest BCUT2D eigenvalue weighted by Gasteiger charge is -2.08. The Kier molecular flexibility index (Phi) is 6.31. The third-order valence-corrected chi connectivity index (χ3v) is 3.03. The fourth-order valence-electron chi connectivity index (χ4n) is 1.85. The van der Waals surface area contributed by atoms with Crippen LogP contribution >= 0.6 is 0 Å². The molecule has 0 fully saturated rings. The Morgan fingerprint density at radius 1 is 1.04 bits per heavy atom. The minimum Gasteiger partial charge on any atom is -0.494 e. The van der Waals surface area contributed by atoms with Gasteiger partial charge >= 0.3 is 5.97 Å². The van der Waals surface area contributed by atoms with Gasteiger partial charge in [-0.2, -0.15) is 0 Å². The van der Waals surface area contributed by atoms with Crippen LogP contribution in [-0.4, -0.2) is 25.1 Å². The van der Waals surface area contributed by atoms with E-state index in [4.69, 9.17) is 9.47 Å². The fourth-order valence-corrected chi connectivity index (χ4v) is 1.85. The zero-order valence-corrected chi connectivity index (χ0v) is 13.3. The molecule has 24 heavy (non-hydrogen) atoms. The van der Waals surface area contributed by atoms with Gasteiger partial charge in [-0.1, -0.05) is 6.92 Å². The molecule has 1 N–H and O–H groups in total. The molecule has 0 heterocycles. The maximum Gasteiger partial charge on any atom is 0.338 e. The van der Waals surface area contributed by atoms with Crippen LogP contribution in [0.1, 0.15) is 23.7 Å². The van der Waals surface area contributed by atoms with E-state index >= 15 is 0 Å².